The van der Waals surface area contributed by atoms with E-state index in [0.29, 0.717) is 5.75 Å². The minimum absolute atomic E-state index is 0.106. The van der Waals surface area contributed by atoms with Crippen LogP contribution in [0, 0.1) is 10.1 Å². The Morgan fingerprint density at radius 3 is 2.56 bits per heavy atom. The van der Waals surface area contributed by atoms with Crippen LogP contribution in [-0.4, -0.2) is 29.3 Å². The van der Waals surface area contributed by atoms with Gasteiger partial charge in [0.25, 0.3) is 5.91 Å². The van der Waals surface area contributed by atoms with E-state index in [1.807, 2.05) is 24.3 Å². The first kappa shape index (κ1) is 17.9. The van der Waals surface area contributed by atoms with Gasteiger partial charge in [-0.25, -0.2) is 5.43 Å². The topological polar surface area (TPSA) is 114 Å². The average molecular weight is 365 g/mol. The van der Waals surface area contributed by atoms with Crippen LogP contribution in [0.15, 0.2) is 59.7 Å². The summed E-state index contributed by atoms with van der Waals surface area (Å²) in [6.07, 6.45) is 1.13. The maximum Gasteiger partial charge on any atom is 0.311 e. The number of carbonyl (C=O) groups excluding carboxylic acids is 1. The highest BCUT2D eigenvalue weighted by molar-refractivity contribution is 6.02. The number of fused-ring (bicyclic) bond motifs is 1. The van der Waals surface area contributed by atoms with E-state index in [0.717, 1.165) is 17.0 Å². The molecule has 27 heavy (non-hydrogen) atoms. The Morgan fingerprint density at radius 2 is 1.89 bits per heavy atom. The molecule has 0 bridgehead atoms. The number of nitro benzene ring substituents is 1. The van der Waals surface area contributed by atoms with E-state index in [9.17, 15) is 20.0 Å². The Morgan fingerprint density at radius 1 is 1.19 bits per heavy atom. The predicted octanol–water partition coefficient (Wildman–Crippen LogP) is 3.23. The maximum absolute atomic E-state index is 12.4. The lowest BCUT2D eigenvalue weighted by atomic mass is 10.1. The van der Waals surface area contributed by atoms with E-state index in [1.54, 1.807) is 12.1 Å². The molecule has 0 aliphatic heterocycles. The second-order valence-corrected chi connectivity index (χ2v) is 5.57. The predicted molar refractivity (Wildman–Crippen MR) is 100 cm³/mol. The highest BCUT2D eigenvalue weighted by Crippen LogP contribution is 2.28. The van der Waals surface area contributed by atoms with Gasteiger partial charge in [-0.15, -0.1) is 0 Å². The SMILES string of the molecule is COc1cc2ccccc2cc1C(=O)N/N=C\c1cccc([N+](=O)[O-])c1O. The zero-order valence-electron chi connectivity index (χ0n) is 14.2. The fourth-order valence-corrected chi connectivity index (χ4v) is 2.59. The molecule has 0 saturated heterocycles. The first-order chi connectivity index (χ1) is 13.0. The van der Waals surface area contributed by atoms with E-state index in [2.05, 4.69) is 10.5 Å². The molecular formula is C19H15N3O5. The Balaban J connectivity index is 1.84. The van der Waals surface area contributed by atoms with E-state index in [4.69, 9.17) is 4.74 Å². The number of methoxy groups -OCH3 is 1. The smallest absolute Gasteiger partial charge is 0.311 e. The summed E-state index contributed by atoms with van der Waals surface area (Å²) >= 11 is 0. The number of rotatable bonds is 5. The molecule has 0 heterocycles. The summed E-state index contributed by atoms with van der Waals surface area (Å²) in [5, 5.41) is 26.3. The molecule has 0 aliphatic rings. The number of phenolic OH excluding ortho intramolecular Hbond substituents is 1. The van der Waals surface area contributed by atoms with Crippen molar-refractivity contribution in [2.45, 2.75) is 0 Å². The highest BCUT2D eigenvalue weighted by atomic mass is 16.6. The van der Waals surface area contributed by atoms with Crippen molar-refractivity contribution in [3.8, 4) is 11.5 Å². The number of hydrazone groups is 1. The molecule has 1 amide bonds. The number of nitrogens with zero attached hydrogens (tertiary/aromatic N) is 2. The van der Waals surface area contributed by atoms with Crippen molar-refractivity contribution in [2.24, 2.45) is 5.10 Å². The van der Waals surface area contributed by atoms with E-state index >= 15 is 0 Å². The summed E-state index contributed by atoms with van der Waals surface area (Å²) in [7, 11) is 1.46. The van der Waals surface area contributed by atoms with Crippen LogP contribution in [0.3, 0.4) is 0 Å². The number of nitro groups is 1. The fourth-order valence-electron chi connectivity index (χ4n) is 2.59. The summed E-state index contributed by atoms with van der Waals surface area (Å²) in [5.41, 5.74) is 2.28. The second kappa shape index (κ2) is 7.52. The van der Waals surface area contributed by atoms with Gasteiger partial charge in [-0.1, -0.05) is 30.3 Å². The summed E-state index contributed by atoms with van der Waals surface area (Å²) < 4.78 is 5.27. The molecule has 0 spiro atoms. The zero-order valence-corrected chi connectivity index (χ0v) is 14.2. The van der Waals surface area contributed by atoms with Crippen molar-refractivity contribution in [3.63, 3.8) is 0 Å². The third-order valence-electron chi connectivity index (χ3n) is 3.92. The van der Waals surface area contributed by atoms with Crippen LogP contribution in [0.25, 0.3) is 10.8 Å². The minimum atomic E-state index is -0.703. The fraction of sp³-hybridized carbons (Fsp3) is 0.0526. The van der Waals surface area contributed by atoms with Crippen LogP contribution in [-0.2, 0) is 0 Å². The number of hydrogen-bond acceptors (Lipinski definition) is 6. The summed E-state index contributed by atoms with van der Waals surface area (Å²) in [4.78, 5) is 22.6. The number of para-hydroxylation sites is 1. The molecule has 8 nitrogen and oxygen atoms in total. The number of benzene rings is 3. The van der Waals surface area contributed by atoms with Crippen molar-refractivity contribution >= 4 is 28.6 Å². The van der Waals surface area contributed by atoms with E-state index in [1.165, 1.54) is 25.3 Å². The molecule has 0 atom stereocenters. The molecule has 3 rings (SSSR count). The molecule has 8 heteroatoms. The van der Waals surface area contributed by atoms with Crippen molar-refractivity contribution in [3.05, 3.63) is 75.8 Å². The monoisotopic (exact) mass is 365 g/mol. The zero-order chi connectivity index (χ0) is 19.4. The van der Waals surface area contributed by atoms with Crippen LogP contribution in [0.2, 0.25) is 0 Å². The lowest BCUT2D eigenvalue weighted by molar-refractivity contribution is -0.385. The Hall–Kier alpha value is -3.94. The summed E-state index contributed by atoms with van der Waals surface area (Å²) in [5.74, 6) is -0.651. The Kier molecular flexibility index (Phi) is 4.98. The number of aromatic hydroxyl groups is 1. The van der Waals surface area contributed by atoms with Crippen LogP contribution in [0.1, 0.15) is 15.9 Å². The molecule has 0 radical (unpaired) electrons. The molecule has 0 aromatic heterocycles. The van der Waals surface area contributed by atoms with Gasteiger partial charge in [0.2, 0.25) is 5.75 Å². The van der Waals surface area contributed by atoms with Crippen molar-refractivity contribution in [2.75, 3.05) is 7.11 Å². The van der Waals surface area contributed by atoms with Crippen molar-refractivity contribution in [1.82, 2.24) is 5.43 Å². The van der Waals surface area contributed by atoms with Gasteiger partial charge in [0.15, 0.2) is 0 Å². The summed E-state index contributed by atoms with van der Waals surface area (Å²) in [6, 6.07) is 15.0. The standard InChI is InChI=1S/C19H15N3O5/c1-27-17-10-13-6-3-2-5-12(13)9-15(17)19(24)21-20-11-14-7-4-8-16(18(14)23)22(25)26/h2-11,23H,1H3,(H,21,24)/b20-11-. The van der Waals surface area contributed by atoms with Crippen LogP contribution in [0.4, 0.5) is 5.69 Å². The number of ether oxygens (including phenoxy) is 1. The first-order valence-corrected chi connectivity index (χ1v) is 7.88. The number of phenols is 1. The lowest BCUT2D eigenvalue weighted by Gasteiger charge is -2.09. The Bertz CT molecular complexity index is 1060. The van der Waals surface area contributed by atoms with Gasteiger partial charge >= 0.3 is 5.69 Å². The third kappa shape index (κ3) is 3.69. The van der Waals surface area contributed by atoms with Gasteiger partial charge in [-0.3, -0.25) is 14.9 Å². The largest absolute Gasteiger partial charge is 0.502 e. The third-order valence-corrected chi connectivity index (χ3v) is 3.92. The maximum atomic E-state index is 12.4. The lowest BCUT2D eigenvalue weighted by Crippen LogP contribution is -2.18. The molecule has 3 aromatic carbocycles. The normalized spacial score (nSPS) is 10.9. The van der Waals surface area contributed by atoms with E-state index < -0.39 is 22.3 Å². The summed E-state index contributed by atoms with van der Waals surface area (Å²) in [6.45, 7) is 0. The molecule has 0 saturated carbocycles. The minimum Gasteiger partial charge on any atom is -0.502 e. The number of hydrogen-bond donors (Lipinski definition) is 2. The second-order valence-electron chi connectivity index (χ2n) is 5.57. The van der Waals surface area contributed by atoms with Gasteiger partial charge in [0.05, 0.1) is 23.8 Å². The number of amides is 1. The average Bonchev–Trinajstić information content (AvgIpc) is 2.67. The van der Waals surface area contributed by atoms with Crippen LogP contribution in [0.5, 0.6) is 11.5 Å². The molecule has 3 aromatic rings. The molecular weight excluding hydrogens is 350 g/mol. The van der Waals surface area contributed by atoms with Gasteiger partial charge in [0.1, 0.15) is 5.75 Å². The van der Waals surface area contributed by atoms with Gasteiger partial charge in [-0.2, -0.15) is 5.10 Å². The van der Waals surface area contributed by atoms with Crippen molar-refractivity contribution in [1.29, 1.82) is 0 Å². The van der Waals surface area contributed by atoms with Gasteiger partial charge < -0.3 is 9.84 Å². The number of nitrogens with one attached hydrogen (secondary N) is 1. The van der Waals surface area contributed by atoms with E-state index in [-0.39, 0.29) is 11.1 Å². The molecule has 0 unspecified atom stereocenters. The van der Waals surface area contributed by atoms with Crippen LogP contribution < -0.4 is 10.2 Å². The van der Waals surface area contributed by atoms with Crippen LogP contribution >= 0.6 is 0 Å². The molecule has 2 N–H and O–H groups in total. The molecule has 136 valence electrons. The first-order valence-electron chi connectivity index (χ1n) is 7.88. The quantitative estimate of drug-likeness (QED) is 0.409. The molecule has 0 aliphatic carbocycles. The van der Waals surface area contributed by atoms with Gasteiger partial charge in [-0.05, 0) is 29.0 Å². The highest BCUT2D eigenvalue weighted by Gasteiger charge is 2.16. The Labute approximate surface area is 153 Å². The van der Waals surface area contributed by atoms with Gasteiger partial charge in [0, 0.05) is 11.6 Å². The molecule has 0 fully saturated rings. The van der Waals surface area contributed by atoms with Crippen molar-refractivity contribution < 1.29 is 19.6 Å². The number of carbonyl (C=O) groups is 1.